The van der Waals surface area contributed by atoms with Gasteiger partial charge in [0.2, 0.25) is 11.8 Å². The number of benzene rings is 2. The Hall–Kier alpha value is -3.41. The van der Waals surface area contributed by atoms with Crippen LogP contribution in [0.15, 0.2) is 65.2 Å². The molecule has 0 aliphatic carbocycles. The smallest absolute Gasteiger partial charge is 0.252 e. The highest BCUT2D eigenvalue weighted by Crippen LogP contribution is 2.28. The van der Waals surface area contributed by atoms with Crippen molar-refractivity contribution in [1.82, 2.24) is 15.6 Å². The highest BCUT2D eigenvalue weighted by molar-refractivity contribution is 6.00. The molecule has 6 nitrogen and oxygen atoms in total. The van der Waals surface area contributed by atoms with Crippen LogP contribution in [-0.4, -0.2) is 29.9 Å². The number of nitrogens with zero attached hydrogens (tertiary/aromatic N) is 1. The van der Waals surface area contributed by atoms with Crippen molar-refractivity contribution in [2.24, 2.45) is 5.92 Å². The summed E-state index contributed by atoms with van der Waals surface area (Å²) < 4.78 is 5.88. The maximum atomic E-state index is 12.6. The first kappa shape index (κ1) is 19.4. The van der Waals surface area contributed by atoms with E-state index in [4.69, 9.17) is 4.42 Å². The minimum Gasteiger partial charge on any atom is -0.436 e. The number of amides is 2. The molecule has 1 aromatic heterocycles. The van der Waals surface area contributed by atoms with Crippen LogP contribution < -0.4 is 10.6 Å². The lowest BCUT2D eigenvalue weighted by Crippen LogP contribution is -2.36. The van der Waals surface area contributed by atoms with Crippen LogP contribution in [0.1, 0.15) is 24.2 Å². The predicted molar refractivity (Wildman–Crippen MR) is 108 cm³/mol. The average molecular weight is 377 g/mol. The van der Waals surface area contributed by atoms with E-state index in [-0.39, 0.29) is 17.7 Å². The Labute approximate surface area is 164 Å². The number of nitrogens with one attached hydrogen (secondary N) is 2. The molecule has 0 aliphatic rings. The summed E-state index contributed by atoms with van der Waals surface area (Å²) in [7, 11) is 0. The molecular formula is C22H23N3O3. The van der Waals surface area contributed by atoms with Gasteiger partial charge in [0.25, 0.3) is 5.91 Å². The number of carbonyl (C=O) groups is 2. The zero-order valence-corrected chi connectivity index (χ0v) is 15.9. The molecule has 3 rings (SSSR count). The number of hydrogen-bond acceptors (Lipinski definition) is 4. The fourth-order valence-electron chi connectivity index (χ4n) is 2.66. The van der Waals surface area contributed by atoms with Crippen LogP contribution in [0.5, 0.6) is 0 Å². The third-order valence-electron chi connectivity index (χ3n) is 4.20. The number of rotatable bonds is 7. The molecule has 144 valence electrons. The monoisotopic (exact) mass is 377 g/mol. The van der Waals surface area contributed by atoms with Crippen LogP contribution in [0.2, 0.25) is 0 Å². The third kappa shape index (κ3) is 4.65. The lowest BCUT2D eigenvalue weighted by atomic mass is 10.1. The Bertz CT molecular complexity index is 948. The molecule has 28 heavy (non-hydrogen) atoms. The van der Waals surface area contributed by atoms with Gasteiger partial charge in [-0.2, -0.15) is 0 Å². The van der Waals surface area contributed by atoms with E-state index in [0.717, 1.165) is 5.56 Å². The van der Waals surface area contributed by atoms with E-state index in [2.05, 4.69) is 15.6 Å². The minimum absolute atomic E-state index is 0.0390. The van der Waals surface area contributed by atoms with Crippen molar-refractivity contribution in [3.8, 4) is 22.8 Å². The molecule has 0 atom stereocenters. The van der Waals surface area contributed by atoms with Crippen molar-refractivity contribution in [1.29, 1.82) is 0 Å². The van der Waals surface area contributed by atoms with Gasteiger partial charge in [0.15, 0.2) is 5.76 Å². The molecule has 0 aliphatic heterocycles. The summed E-state index contributed by atoms with van der Waals surface area (Å²) in [5.41, 5.74) is 2.01. The van der Waals surface area contributed by atoms with Crippen molar-refractivity contribution in [3.05, 3.63) is 66.4 Å². The van der Waals surface area contributed by atoms with Crippen molar-refractivity contribution >= 4 is 11.8 Å². The largest absolute Gasteiger partial charge is 0.436 e. The van der Waals surface area contributed by atoms with Crippen LogP contribution in [0.25, 0.3) is 22.8 Å². The van der Waals surface area contributed by atoms with Gasteiger partial charge in [0.05, 0.1) is 11.8 Å². The van der Waals surface area contributed by atoms with Gasteiger partial charge < -0.3 is 15.1 Å². The predicted octanol–water partition coefficient (Wildman–Crippen LogP) is 3.51. The van der Waals surface area contributed by atoms with E-state index in [1.807, 2.05) is 50.2 Å². The summed E-state index contributed by atoms with van der Waals surface area (Å²) in [6, 6.07) is 16.8. The lowest BCUT2D eigenvalue weighted by Gasteiger charge is -2.10. The Morgan fingerprint density at radius 3 is 2.39 bits per heavy atom. The zero-order valence-electron chi connectivity index (χ0n) is 15.9. The first-order chi connectivity index (χ1) is 13.6. The minimum atomic E-state index is -0.242. The summed E-state index contributed by atoms with van der Waals surface area (Å²) in [5.74, 6) is 0.664. The number of hydrogen-bond donors (Lipinski definition) is 2. The summed E-state index contributed by atoms with van der Waals surface area (Å²) >= 11 is 0. The van der Waals surface area contributed by atoms with Crippen molar-refractivity contribution < 1.29 is 14.0 Å². The molecule has 6 heteroatoms. The molecule has 3 aromatic rings. The lowest BCUT2D eigenvalue weighted by molar-refractivity contribution is -0.123. The molecule has 0 saturated carbocycles. The summed E-state index contributed by atoms with van der Waals surface area (Å²) in [5, 5.41) is 5.59. The number of carbonyl (C=O) groups excluding carboxylic acids is 2. The van der Waals surface area contributed by atoms with Gasteiger partial charge in [-0.15, -0.1) is 0 Å². The number of aromatic nitrogens is 1. The van der Waals surface area contributed by atoms with Crippen LogP contribution in [0.4, 0.5) is 0 Å². The fraction of sp³-hybridized carbons (Fsp3) is 0.227. The van der Waals surface area contributed by atoms with Crippen LogP contribution in [0.3, 0.4) is 0 Å². The van der Waals surface area contributed by atoms with E-state index < -0.39 is 0 Å². The Morgan fingerprint density at radius 1 is 0.964 bits per heavy atom. The highest BCUT2D eigenvalue weighted by atomic mass is 16.4. The third-order valence-corrected chi connectivity index (χ3v) is 4.20. The maximum absolute atomic E-state index is 12.6. The quantitative estimate of drug-likeness (QED) is 0.617. The van der Waals surface area contributed by atoms with E-state index in [0.29, 0.717) is 35.9 Å². The van der Waals surface area contributed by atoms with Crippen molar-refractivity contribution in [2.45, 2.75) is 13.8 Å². The van der Waals surface area contributed by atoms with Gasteiger partial charge in [-0.25, -0.2) is 4.98 Å². The molecular weight excluding hydrogens is 354 g/mol. The van der Waals surface area contributed by atoms with E-state index in [1.54, 1.807) is 24.4 Å². The van der Waals surface area contributed by atoms with Crippen LogP contribution in [0, 0.1) is 5.92 Å². The zero-order chi connectivity index (χ0) is 19.9. The van der Waals surface area contributed by atoms with E-state index in [9.17, 15) is 9.59 Å². The van der Waals surface area contributed by atoms with Gasteiger partial charge >= 0.3 is 0 Å². The Kier molecular flexibility index (Phi) is 6.22. The molecule has 0 spiro atoms. The topological polar surface area (TPSA) is 84.2 Å². The second kappa shape index (κ2) is 8.99. The van der Waals surface area contributed by atoms with Crippen molar-refractivity contribution in [3.63, 3.8) is 0 Å². The second-order valence-electron chi connectivity index (χ2n) is 6.64. The summed E-state index contributed by atoms with van der Waals surface area (Å²) in [6.45, 7) is 4.36. The first-order valence-electron chi connectivity index (χ1n) is 9.23. The molecule has 0 saturated heterocycles. The Morgan fingerprint density at radius 2 is 1.64 bits per heavy atom. The van der Waals surface area contributed by atoms with Gasteiger partial charge in [0, 0.05) is 30.1 Å². The van der Waals surface area contributed by atoms with Gasteiger partial charge in [-0.3, -0.25) is 9.59 Å². The average Bonchev–Trinajstić information content (AvgIpc) is 3.21. The normalized spacial score (nSPS) is 10.7. The summed E-state index contributed by atoms with van der Waals surface area (Å²) in [4.78, 5) is 28.5. The second-order valence-corrected chi connectivity index (χ2v) is 6.64. The highest BCUT2D eigenvalue weighted by Gasteiger charge is 2.16. The molecule has 1 heterocycles. The van der Waals surface area contributed by atoms with Crippen LogP contribution >= 0.6 is 0 Å². The van der Waals surface area contributed by atoms with E-state index >= 15 is 0 Å². The molecule has 0 bridgehead atoms. The van der Waals surface area contributed by atoms with Gasteiger partial charge in [-0.1, -0.05) is 56.3 Å². The summed E-state index contributed by atoms with van der Waals surface area (Å²) in [6.07, 6.45) is 1.65. The molecule has 0 fully saturated rings. The van der Waals surface area contributed by atoms with Gasteiger partial charge in [0.1, 0.15) is 0 Å². The SMILES string of the molecule is CC(C)C(=O)NCCNC(=O)c1ccccc1-c1ncc(-c2ccccc2)o1. The van der Waals surface area contributed by atoms with Gasteiger partial charge in [-0.05, 0) is 12.1 Å². The van der Waals surface area contributed by atoms with Crippen LogP contribution in [-0.2, 0) is 4.79 Å². The fourth-order valence-corrected chi connectivity index (χ4v) is 2.66. The molecule has 0 unspecified atom stereocenters. The molecule has 0 radical (unpaired) electrons. The number of oxazole rings is 1. The molecule has 2 aromatic carbocycles. The molecule has 2 N–H and O–H groups in total. The van der Waals surface area contributed by atoms with Crippen molar-refractivity contribution in [2.75, 3.05) is 13.1 Å². The van der Waals surface area contributed by atoms with E-state index in [1.165, 1.54) is 0 Å². The maximum Gasteiger partial charge on any atom is 0.252 e. The Balaban J connectivity index is 1.70. The molecule has 2 amide bonds. The first-order valence-corrected chi connectivity index (χ1v) is 9.23. The standard InChI is InChI=1S/C22H23N3O3/c1-15(2)20(26)23-12-13-24-21(27)17-10-6-7-11-18(17)22-25-14-19(28-22)16-8-4-3-5-9-16/h3-11,14-15H,12-13H2,1-2H3,(H,23,26)(H,24,27).